The van der Waals surface area contributed by atoms with Crippen molar-refractivity contribution in [1.29, 1.82) is 0 Å². The molecule has 1 rings (SSSR count). The normalized spacial score (nSPS) is 20.7. The molecule has 116 valence electrons. The second-order valence-electron chi connectivity index (χ2n) is 5.48. The molecule has 0 aromatic carbocycles. The number of carboxylic acids is 1. The molecular formula is C15H27NO4. The lowest BCUT2D eigenvalue weighted by Gasteiger charge is -2.37. The molecule has 0 spiro atoms. The number of carbonyl (C=O) groups excluding carboxylic acids is 1. The van der Waals surface area contributed by atoms with E-state index in [1.165, 1.54) is 0 Å². The lowest BCUT2D eigenvalue weighted by molar-refractivity contribution is -0.148. The van der Waals surface area contributed by atoms with E-state index in [2.05, 4.69) is 6.92 Å². The van der Waals surface area contributed by atoms with Crippen molar-refractivity contribution < 1.29 is 19.4 Å². The minimum absolute atomic E-state index is 0.0104. The Morgan fingerprint density at radius 1 is 1.40 bits per heavy atom. The number of amides is 1. The molecule has 0 aromatic rings. The molecule has 5 nitrogen and oxygen atoms in total. The summed E-state index contributed by atoms with van der Waals surface area (Å²) in [6, 6.07) is 0.0598. The van der Waals surface area contributed by atoms with E-state index in [0.29, 0.717) is 13.0 Å². The lowest BCUT2D eigenvalue weighted by atomic mass is 9.97. The monoisotopic (exact) mass is 285 g/mol. The van der Waals surface area contributed by atoms with E-state index in [9.17, 15) is 9.59 Å². The lowest BCUT2D eigenvalue weighted by Crippen LogP contribution is -2.48. The fraction of sp³-hybridized carbons (Fsp3) is 0.867. The van der Waals surface area contributed by atoms with Crippen LogP contribution in [0.1, 0.15) is 58.8 Å². The third kappa shape index (κ3) is 5.49. The number of carboxylic acid groups (broad SMARTS) is 1. The maximum Gasteiger partial charge on any atom is 0.303 e. The first-order valence-electron chi connectivity index (χ1n) is 7.70. The number of carbonyl (C=O) groups is 2. The Labute approximate surface area is 121 Å². The number of nitrogens with zero attached hydrogens (tertiary/aromatic N) is 1. The van der Waals surface area contributed by atoms with E-state index in [0.717, 1.165) is 38.6 Å². The number of unbranched alkanes of at least 4 members (excludes halogenated alkanes) is 1. The van der Waals surface area contributed by atoms with Gasteiger partial charge in [0.2, 0.25) is 0 Å². The fourth-order valence-electron chi connectivity index (χ4n) is 2.59. The van der Waals surface area contributed by atoms with Gasteiger partial charge in [-0.3, -0.25) is 9.59 Å². The van der Waals surface area contributed by atoms with Gasteiger partial charge in [-0.15, -0.1) is 0 Å². The highest BCUT2D eigenvalue weighted by molar-refractivity contribution is 5.81. The highest BCUT2D eigenvalue weighted by Crippen LogP contribution is 2.22. The second-order valence-corrected chi connectivity index (χ2v) is 5.48. The van der Waals surface area contributed by atoms with Crippen molar-refractivity contribution in [3.05, 3.63) is 0 Å². The molecule has 0 aliphatic carbocycles. The first-order valence-corrected chi connectivity index (χ1v) is 7.70. The molecule has 1 amide bonds. The molecule has 0 unspecified atom stereocenters. The number of piperidine rings is 1. The first kappa shape index (κ1) is 17.0. The molecule has 0 saturated carbocycles. The van der Waals surface area contributed by atoms with Gasteiger partial charge in [-0.25, -0.2) is 0 Å². The van der Waals surface area contributed by atoms with Crippen LogP contribution in [0.25, 0.3) is 0 Å². The third-order valence-electron chi connectivity index (χ3n) is 3.82. The predicted octanol–water partition coefficient (Wildman–Crippen LogP) is 2.44. The summed E-state index contributed by atoms with van der Waals surface area (Å²) in [5.74, 6) is -0.786. The standard InChI is InChI=1S/C15H27NO4/c1-3-4-11-20-12(2)15(19)16-10-6-5-7-13(16)8-9-14(17)18/h12-13H,3-11H2,1-2H3,(H,17,18)/t12-,13+/m0/s1. The quantitative estimate of drug-likeness (QED) is 0.696. The first-order chi connectivity index (χ1) is 9.56. The number of hydrogen-bond donors (Lipinski definition) is 1. The molecule has 1 N–H and O–H groups in total. The Morgan fingerprint density at radius 3 is 2.80 bits per heavy atom. The van der Waals surface area contributed by atoms with Crippen LogP contribution in [0.2, 0.25) is 0 Å². The van der Waals surface area contributed by atoms with Crippen LogP contribution in [0.15, 0.2) is 0 Å². The third-order valence-corrected chi connectivity index (χ3v) is 3.82. The number of hydrogen-bond acceptors (Lipinski definition) is 3. The van der Waals surface area contributed by atoms with Crippen molar-refractivity contribution >= 4 is 11.9 Å². The van der Waals surface area contributed by atoms with Crippen molar-refractivity contribution in [2.45, 2.75) is 70.9 Å². The van der Waals surface area contributed by atoms with Gasteiger partial charge in [-0.05, 0) is 39.0 Å². The molecule has 1 aliphatic rings. The summed E-state index contributed by atoms with van der Waals surface area (Å²) in [5, 5.41) is 8.79. The van der Waals surface area contributed by atoms with E-state index in [-0.39, 0.29) is 18.4 Å². The molecule has 5 heteroatoms. The zero-order valence-electron chi connectivity index (χ0n) is 12.6. The van der Waals surface area contributed by atoms with Crippen LogP contribution in [0.5, 0.6) is 0 Å². The molecular weight excluding hydrogens is 258 g/mol. The molecule has 2 atom stereocenters. The molecule has 0 radical (unpaired) electrons. The molecule has 20 heavy (non-hydrogen) atoms. The van der Waals surface area contributed by atoms with Gasteiger partial charge in [-0.1, -0.05) is 13.3 Å². The number of rotatable bonds is 8. The van der Waals surface area contributed by atoms with E-state index in [1.807, 2.05) is 4.90 Å². The Bertz CT molecular complexity index is 319. The minimum Gasteiger partial charge on any atom is -0.481 e. The highest BCUT2D eigenvalue weighted by atomic mass is 16.5. The zero-order valence-corrected chi connectivity index (χ0v) is 12.6. The van der Waals surface area contributed by atoms with Crippen molar-refractivity contribution in [3.8, 4) is 0 Å². The van der Waals surface area contributed by atoms with Gasteiger partial charge in [0.05, 0.1) is 0 Å². The van der Waals surface area contributed by atoms with E-state index >= 15 is 0 Å². The molecule has 0 bridgehead atoms. The Morgan fingerprint density at radius 2 is 2.15 bits per heavy atom. The summed E-state index contributed by atoms with van der Waals surface area (Å²) in [6.45, 7) is 5.21. The maximum atomic E-state index is 12.4. The summed E-state index contributed by atoms with van der Waals surface area (Å²) in [6.07, 6.45) is 5.22. The van der Waals surface area contributed by atoms with E-state index in [4.69, 9.17) is 9.84 Å². The number of aliphatic carboxylic acids is 1. The van der Waals surface area contributed by atoms with Gasteiger partial charge < -0.3 is 14.7 Å². The van der Waals surface area contributed by atoms with Gasteiger partial charge in [0.1, 0.15) is 6.10 Å². The Kier molecular flexibility index (Phi) is 7.59. The Hall–Kier alpha value is -1.10. The van der Waals surface area contributed by atoms with Crippen LogP contribution in [-0.2, 0) is 14.3 Å². The van der Waals surface area contributed by atoms with Crippen LogP contribution < -0.4 is 0 Å². The molecule has 1 saturated heterocycles. The number of ether oxygens (including phenoxy) is 1. The zero-order chi connectivity index (χ0) is 15.0. The Balaban J connectivity index is 2.50. The maximum absolute atomic E-state index is 12.4. The molecule has 0 aromatic heterocycles. The van der Waals surface area contributed by atoms with Crippen molar-refractivity contribution in [1.82, 2.24) is 4.90 Å². The van der Waals surface area contributed by atoms with E-state index < -0.39 is 12.1 Å². The average Bonchev–Trinajstić information content (AvgIpc) is 2.44. The van der Waals surface area contributed by atoms with Crippen LogP contribution in [-0.4, -0.2) is 47.2 Å². The van der Waals surface area contributed by atoms with Gasteiger partial charge in [0.15, 0.2) is 0 Å². The highest BCUT2D eigenvalue weighted by Gasteiger charge is 2.30. The van der Waals surface area contributed by atoms with E-state index in [1.54, 1.807) is 6.92 Å². The molecule has 1 aliphatic heterocycles. The predicted molar refractivity (Wildman–Crippen MR) is 76.5 cm³/mol. The average molecular weight is 285 g/mol. The summed E-state index contributed by atoms with van der Waals surface area (Å²) in [5.41, 5.74) is 0. The van der Waals surface area contributed by atoms with Crippen molar-refractivity contribution in [2.75, 3.05) is 13.2 Å². The van der Waals surface area contributed by atoms with Gasteiger partial charge in [-0.2, -0.15) is 0 Å². The topological polar surface area (TPSA) is 66.8 Å². The minimum atomic E-state index is -0.796. The van der Waals surface area contributed by atoms with Gasteiger partial charge in [0.25, 0.3) is 5.91 Å². The smallest absolute Gasteiger partial charge is 0.303 e. The van der Waals surface area contributed by atoms with Crippen molar-refractivity contribution in [2.24, 2.45) is 0 Å². The largest absolute Gasteiger partial charge is 0.481 e. The summed E-state index contributed by atoms with van der Waals surface area (Å²) in [4.78, 5) is 24.9. The summed E-state index contributed by atoms with van der Waals surface area (Å²) in [7, 11) is 0. The SMILES string of the molecule is CCCCO[C@@H](C)C(=O)N1CCCC[C@@H]1CCC(=O)O. The van der Waals surface area contributed by atoms with Crippen LogP contribution in [0.3, 0.4) is 0 Å². The van der Waals surface area contributed by atoms with Gasteiger partial charge >= 0.3 is 5.97 Å². The van der Waals surface area contributed by atoms with Crippen LogP contribution in [0.4, 0.5) is 0 Å². The molecule has 1 heterocycles. The summed E-state index contributed by atoms with van der Waals surface area (Å²) < 4.78 is 5.56. The second kappa shape index (κ2) is 8.95. The van der Waals surface area contributed by atoms with Crippen molar-refractivity contribution in [3.63, 3.8) is 0 Å². The molecule has 1 fully saturated rings. The van der Waals surface area contributed by atoms with Crippen LogP contribution >= 0.6 is 0 Å². The fourth-order valence-corrected chi connectivity index (χ4v) is 2.59. The van der Waals surface area contributed by atoms with Gasteiger partial charge in [0, 0.05) is 25.6 Å². The summed E-state index contributed by atoms with van der Waals surface area (Å²) >= 11 is 0. The van der Waals surface area contributed by atoms with Crippen LogP contribution in [0, 0.1) is 0 Å². The number of likely N-dealkylation sites (tertiary alicyclic amines) is 1.